The molecular weight excluding hydrogens is 344 g/mol. The van der Waals surface area contributed by atoms with Crippen LogP contribution in [0.4, 0.5) is 5.69 Å². The first-order valence-electron chi connectivity index (χ1n) is 8.84. The van der Waals surface area contributed by atoms with Crippen LogP contribution >= 0.6 is 0 Å². The topological polar surface area (TPSA) is 105 Å². The number of carbonyl (C=O) groups is 1. The number of nitriles is 1. The molecule has 0 aliphatic rings. The molecule has 0 saturated heterocycles. The fraction of sp³-hybridized carbons (Fsp3) is 0.333. The molecule has 27 heavy (non-hydrogen) atoms. The Balaban J connectivity index is 2.46. The Morgan fingerprint density at radius 2 is 2.04 bits per heavy atom. The van der Waals surface area contributed by atoms with Crippen LogP contribution in [0.25, 0.3) is 0 Å². The van der Waals surface area contributed by atoms with Crippen LogP contribution in [0.5, 0.6) is 5.75 Å². The van der Waals surface area contributed by atoms with E-state index in [0.717, 1.165) is 24.0 Å². The third-order valence-electron chi connectivity index (χ3n) is 4.11. The molecule has 0 heterocycles. The minimum absolute atomic E-state index is 0.0671. The first-order valence-corrected chi connectivity index (χ1v) is 8.84. The number of hydrogen-bond donors (Lipinski definition) is 2. The van der Waals surface area contributed by atoms with Crippen molar-refractivity contribution < 1.29 is 19.7 Å². The van der Waals surface area contributed by atoms with Crippen LogP contribution < -0.4 is 15.2 Å². The van der Waals surface area contributed by atoms with Crippen LogP contribution in [0.2, 0.25) is 0 Å². The number of aliphatic carboxylic acids is 1. The molecule has 0 saturated carbocycles. The number of rotatable bonds is 9. The molecule has 2 aromatic carbocycles. The molecule has 2 aromatic rings. The Morgan fingerprint density at radius 1 is 1.33 bits per heavy atom. The predicted molar refractivity (Wildman–Crippen MR) is 100 cm³/mol. The van der Waals surface area contributed by atoms with Gasteiger partial charge in [0.25, 0.3) is 0 Å². The zero-order valence-corrected chi connectivity index (χ0v) is 15.5. The molecule has 6 nitrogen and oxygen atoms in total. The molecule has 0 aliphatic heterocycles. The van der Waals surface area contributed by atoms with Crippen molar-refractivity contribution in [1.29, 1.82) is 5.26 Å². The smallest absolute Gasteiger partial charge is 0.128 e. The summed E-state index contributed by atoms with van der Waals surface area (Å²) in [5.74, 6) is -0.861. The number of carboxylic acids is 1. The molecule has 0 aromatic heterocycles. The molecule has 0 bridgehead atoms. The van der Waals surface area contributed by atoms with E-state index in [-0.39, 0.29) is 13.2 Å². The number of hydrogen-bond acceptors (Lipinski definition) is 6. The number of aliphatic hydroxyl groups is 1. The number of nitrogens with zero attached hydrogens (tertiary/aromatic N) is 1. The molecule has 2 rings (SSSR count). The Morgan fingerprint density at radius 3 is 2.59 bits per heavy atom. The van der Waals surface area contributed by atoms with Crippen molar-refractivity contribution in [3.8, 4) is 11.8 Å². The van der Waals surface area contributed by atoms with Crippen molar-refractivity contribution in [2.75, 3.05) is 18.5 Å². The van der Waals surface area contributed by atoms with Crippen molar-refractivity contribution >= 4 is 11.7 Å². The summed E-state index contributed by atoms with van der Waals surface area (Å²) in [6.07, 6.45) is 1.74. The largest absolute Gasteiger partial charge is 0.548 e. The van der Waals surface area contributed by atoms with Gasteiger partial charge < -0.3 is 25.1 Å². The highest BCUT2D eigenvalue weighted by Gasteiger charge is 2.20. The zero-order chi connectivity index (χ0) is 19.8. The van der Waals surface area contributed by atoms with Gasteiger partial charge in [-0.15, -0.1) is 0 Å². The molecule has 1 atom stereocenters. The standard InChI is InChI=1S/C21H24N2O4/c1-3-4-16-11-14(2)20(27-10-9-24)18(12-16)19(21(25)26)23-17-7-5-15(13-22)6-8-17/h5-8,11-12,19,23-24H,3-4,9-10H2,1-2H3,(H,25,26)/p-1. The fourth-order valence-electron chi connectivity index (χ4n) is 2.94. The third-order valence-corrected chi connectivity index (χ3v) is 4.11. The van der Waals surface area contributed by atoms with Gasteiger partial charge in [0.15, 0.2) is 0 Å². The number of aryl methyl sites for hydroxylation is 2. The number of carboxylic acid groups (broad SMARTS) is 1. The summed E-state index contributed by atoms with van der Waals surface area (Å²) in [4.78, 5) is 11.9. The van der Waals surface area contributed by atoms with Crippen LogP contribution in [-0.4, -0.2) is 24.3 Å². The monoisotopic (exact) mass is 367 g/mol. The lowest BCUT2D eigenvalue weighted by Crippen LogP contribution is -2.34. The average molecular weight is 367 g/mol. The maximum Gasteiger partial charge on any atom is 0.128 e. The molecule has 0 spiro atoms. The van der Waals surface area contributed by atoms with Gasteiger partial charge >= 0.3 is 0 Å². The number of carbonyl (C=O) groups excluding carboxylic acids is 1. The van der Waals surface area contributed by atoms with Gasteiger partial charge in [0, 0.05) is 11.3 Å². The SMILES string of the molecule is CCCc1cc(C)c(OCCO)c(C(Nc2ccc(C#N)cc2)C(=O)[O-])c1. The normalized spacial score (nSPS) is 11.5. The quantitative estimate of drug-likeness (QED) is 0.703. The van der Waals surface area contributed by atoms with Gasteiger partial charge in [0.2, 0.25) is 0 Å². The lowest BCUT2D eigenvalue weighted by molar-refractivity contribution is -0.307. The maximum atomic E-state index is 11.9. The Kier molecular flexibility index (Phi) is 7.21. The van der Waals surface area contributed by atoms with Gasteiger partial charge in [-0.25, -0.2) is 0 Å². The van der Waals surface area contributed by atoms with Crippen molar-refractivity contribution in [1.82, 2.24) is 0 Å². The Hall–Kier alpha value is -3.04. The summed E-state index contributed by atoms with van der Waals surface area (Å²) < 4.78 is 5.63. The molecular formula is C21H23N2O4-. The van der Waals surface area contributed by atoms with Gasteiger partial charge in [-0.3, -0.25) is 0 Å². The molecule has 0 amide bonds. The Bertz CT molecular complexity index is 825. The summed E-state index contributed by atoms with van der Waals surface area (Å²) in [7, 11) is 0. The van der Waals surface area contributed by atoms with Crippen molar-refractivity contribution in [3.05, 3.63) is 58.7 Å². The second-order valence-electron chi connectivity index (χ2n) is 6.24. The van der Waals surface area contributed by atoms with Crippen LogP contribution in [0.15, 0.2) is 36.4 Å². The first kappa shape index (κ1) is 20.3. The number of anilines is 1. The second-order valence-corrected chi connectivity index (χ2v) is 6.24. The highest BCUT2D eigenvalue weighted by atomic mass is 16.5. The van der Waals surface area contributed by atoms with Gasteiger partial charge in [-0.05, 0) is 54.8 Å². The van der Waals surface area contributed by atoms with Crippen molar-refractivity contribution in [2.24, 2.45) is 0 Å². The van der Waals surface area contributed by atoms with E-state index in [4.69, 9.17) is 15.1 Å². The van der Waals surface area contributed by atoms with Crippen LogP contribution in [0.1, 0.15) is 41.6 Å². The van der Waals surface area contributed by atoms with Crippen LogP contribution in [0, 0.1) is 18.3 Å². The number of benzene rings is 2. The summed E-state index contributed by atoms with van der Waals surface area (Å²) in [5, 5.41) is 32.8. The molecule has 1 unspecified atom stereocenters. The highest BCUT2D eigenvalue weighted by molar-refractivity contribution is 5.79. The van der Waals surface area contributed by atoms with Gasteiger partial charge in [0.05, 0.1) is 30.3 Å². The minimum Gasteiger partial charge on any atom is -0.548 e. The molecule has 0 fully saturated rings. The fourth-order valence-corrected chi connectivity index (χ4v) is 2.94. The van der Waals surface area contributed by atoms with Crippen molar-refractivity contribution in [3.63, 3.8) is 0 Å². The van der Waals surface area contributed by atoms with Crippen molar-refractivity contribution in [2.45, 2.75) is 32.7 Å². The lowest BCUT2D eigenvalue weighted by atomic mass is 9.96. The van der Waals surface area contributed by atoms with E-state index in [9.17, 15) is 9.90 Å². The van der Waals surface area contributed by atoms with Crippen LogP contribution in [-0.2, 0) is 11.2 Å². The number of aliphatic hydroxyl groups excluding tert-OH is 1. The summed E-state index contributed by atoms with van der Waals surface area (Å²) in [6, 6.07) is 11.2. The third kappa shape index (κ3) is 5.22. The minimum atomic E-state index is -1.29. The highest BCUT2D eigenvalue weighted by Crippen LogP contribution is 2.33. The zero-order valence-electron chi connectivity index (χ0n) is 15.5. The first-order chi connectivity index (χ1) is 13.0. The molecule has 0 radical (unpaired) electrons. The summed E-state index contributed by atoms with van der Waals surface area (Å²) in [6.45, 7) is 3.80. The maximum absolute atomic E-state index is 11.9. The average Bonchev–Trinajstić information content (AvgIpc) is 2.65. The lowest BCUT2D eigenvalue weighted by Gasteiger charge is -2.25. The Labute approximate surface area is 159 Å². The molecule has 142 valence electrons. The molecule has 6 heteroatoms. The van der Waals surface area contributed by atoms with E-state index >= 15 is 0 Å². The van der Waals surface area contributed by atoms with E-state index in [1.807, 2.05) is 19.1 Å². The van der Waals surface area contributed by atoms with Crippen LogP contribution in [0.3, 0.4) is 0 Å². The van der Waals surface area contributed by atoms with Gasteiger partial charge in [-0.1, -0.05) is 19.4 Å². The van der Waals surface area contributed by atoms with E-state index in [0.29, 0.717) is 22.6 Å². The number of nitrogens with one attached hydrogen (secondary N) is 1. The van der Waals surface area contributed by atoms with Gasteiger partial charge in [-0.2, -0.15) is 5.26 Å². The summed E-state index contributed by atoms with van der Waals surface area (Å²) in [5.41, 5.74) is 3.30. The molecule has 2 N–H and O–H groups in total. The summed E-state index contributed by atoms with van der Waals surface area (Å²) >= 11 is 0. The van der Waals surface area contributed by atoms with Gasteiger partial charge in [0.1, 0.15) is 12.4 Å². The predicted octanol–water partition coefficient (Wildman–Crippen LogP) is 2.09. The molecule has 0 aliphatic carbocycles. The van der Waals surface area contributed by atoms with E-state index in [1.54, 1.807) is 30.3 Å². The van der Waals surface area contributed by atoms with E-state index in [1.165, 1.54) is 0 Å². The van der Waals surface area contributed by atoms with E-state index in [2.05, 4.69) is 12.2 Å². The second kappa shape index (κ2) is 9.60. The van der Waals surface area contributed by atoms with E-state index < -0.39 is 12.0 Å². The number of ether oxygens (including phenoxy) is 1.